The fourth-order valence-electron chi connectivity index (χ4n) is 3.20. The summed E-state index contributed by atoms with van der Waals surface area (Å²) < 4.78 is 0. The largest absolute Gasteiger partial charge is 0.321 e. The Bertz CT molecular complexity index is 307. The van der Waals surface area contributed by atoms with E-state index in [1.54, 1.807) is 0 Å². The highest BCUT2D eigenvalue weighted by atomic mass is 16.2. The molecule has 1 N–H and O–H groups in total. The summed E-state index contributed by atoms with van der Waals surface area (Å²) in [6.07, 6.45) is 3.41. The Balaban J connectivity index is 2.10. The first-order chi connectivity index (χ1) is 8.58. The highest BCUT2D eigenvalue weighted by Gasteiger charge is 2.44. The number of carbonyl (C=O) groups is 1. The van der Waals surface area contributed by atoms with Crippen LogP contribution in [-0.2, 0) is 4.79 Å². The average Bonchev–Trinajstić information content (AvgIpc) is 2.91. The van der Waals surface area contributed by atoms with Crippen LogP contribution in [0.1, 0.15) is 40.0 Å². The maximum absolute atomic E-state index is 12.6. The zero-order valence-electron chi connectivity index (χ0n) is 12.1. The average molecular weight is 253 g/mol. The standard InChI is InChI=1S/C14H27N3O/c1-5-10(3)13-14(18)17(12(6-2)15-13)11-7-8-16(4)9-11/h10-13,15H,5-9H2,1-4H3. The molecule has 4 nitrogen and oxygen atoms in total. The molecule has 4 atom stereocenters. The summed E-state index contributed by atoms with van der Waals surface area (Å²) >= 11 is 0. The molecule has 0 aromatic carbocycles. The molecule has 2 fully saturated rings. The van der Waals surface area contributed by atoms with E-state index >= 15 is 0 Å². The Labute approximate surface area is 111 Å². The van der Waals surface area contributed by atoms with Crippen LogP contribution >= 0.6 is 0 Å². The van der Waals surface area contributed by atoms with Gasteiger partial charge >= 0.3 is 0 Å². The normalized spacial score (nSPS) is 35.4. The number of nitrogens with one attached hydrogen (secondary N) is 1. The van der Waals surface area contributed by atoms with Gasteiger partial charge in [-0.15, -0.1) is 0 Å². The third kappa shape index (κ3) is 2.41. The van der Waals surface area contributed by atoms with Crippen LogP contribution < -0.4 is 5.32 Å². The molecule has 18 heavy (non-hydrogen) atoms. The van der Waals surface area contributed by atoms with Crippen molar-refractivity contribution in [1.29, 1.82) is 0 Å². The first kappa shape index (κ1) is 13.8. The number of likely N-dealkylation sites (tertiary alicyclic amines) is 1. The van der Waals surface area contributed by atoms with E-state index in [1.807, 2.05) is 0 Å². The molecule has 4 unspecified atom stereocenters. The summed E-state index contributed by atoms with van der Waals surface area (Å²) in [6.45, 7) is 8.63. The molecule has 0 bridgehead atoms. The van der Waals surface area contributed by atoms with Gasteiger partial charge in [-0.05, 0) is 32.4 Å². The van der Waals surface area contributed by atoms with E-state index in [0.717, 1.165) is 32.4 Å². The van der Waals surface area contributed by atoms with Gasteiger partial charge in [-0.1, -0.05) is 27.2 Å². The fourth-order valence-corrected chi connectivity index (χ4v) is 3.20. The zero-order chi connectivity index (χ0) is 13.3. The van der Waals surface area contributed by atoms with E-state index in [4.69, 9.17) is 0 Å². The van der Waals surface area contributed by atoms with Gasteiger partial charge in [-0.25, -0.2) is 0 Å². The minimum Gasteiger partial charge on any atom is -0.321 e. The van der Waals surface area contributed by atoms with Crippen molar-refractivity contribution in [3.63, 3.8) is 0 Å². The molecule has 4 heteroatoms. The Morgan fingerprint density at radius 2 is 2.17 bits per heavy atom. The van der Waals surface area contributed by atoms with Crippen molar-refractivity contribution >= 4 is 5.91 Å². The van der Waals surface area contributed by atoms with Crippen LogP contribution in [0.4, 0.5) is 0 Å². The van der Waals surface area contributed by atoms with E-state index in [1.165, 1.54) is 0 Å². The number of hydrogen-bond acceptors (Lipinski definition) is 3. The minimum absolute atomic E-state index is 0.0332. The van der Waals surface area contributed by atoms with Gasteiger partial charge in [-0.2, -0.15) is 0 Å². The number of rotatable bonds is 4. The molecule has 2 aliphatic rings. The summed E-state index contributed by atoms with van der Waals surface area (Å²) in [7, 11) is 2.14. The lowest BCUT2D eigenvalue weighted by Gasteiger charge is -2.29. The number of hydrogen-bond donors (Lipinski definition) is 1. The maximum Gasteiger partial charge on any atom is 0.241 e. The van der Waals surface area contributed by atoms with Crippen molar-refractivity contribution in [3.05, 3.63) is 0 Å². The molecule has 2 saturated heterocycles. The van der Waals surface area contributed by atoms with E-state index in [2.05, 4.69) is 42.9 Å². The smallest absolute Gasteiger partial charge is 0.241 e. The number of nitrogens with zero attached hydrogens (tertiary/aromatic N) is 2. The van der Waals surface area contributed by atoms with Gasteiger partial charge in [0.25, 0.3) is 0 Å². The Kier molecular flexibility index (Phi) is 4.28. The molecule has 0 spiro atoms. The molecule has 2 heterocycles. The van der Waals surface area contributed by atoms with Gasteiger partial charge in [0, 0.05) is 12.6 Å². The van der Waals surface area contributed by atoms with Crippen molar-refractivity contribution < 1.29 is 4.79 Å². The lowest BCUT2D eigenvalue weighted by atomic mass is 9.99. The van der Waals surface area contributed by atoms with Gasteiger partial charge in [0.1, 0.15) is 0 Å². The Morgan fingerprint density at radius 3 is 2.67 bits per heavy atom. The van der Waals surface area contributed by atoms with Crippen LogP contribution in [0.15, 0.2) is 0 Å². The molecular formula is C14H27N3O. The monoisotopic (exact) mass is 253 g/mol. The highest BCUT2D eigenvalue weighted by Crippen LogP contribution is 2.26. The summed E-state index contributed by atoms with van der Waals surface area (Å²) in [4.78, 5) is 17.1. The van der Waals surface area contributed by atoms with E-state index in [-0.39, 0.29) is 12.2 Å². The molecule has 0 saturated carbocycles. The van der Waals surface area contributed by atoms with Crippen molar-refractivity contribution in [2.75, 3.05) is 20.1 Å². The zero-order valence-corrected chi connectivity index (χ0v) is 12.1. The van der Waals surface area contributed by atoms with Crippen LogP contribution in [0.2, 0.25) is 0 Å². The van der Waals surface area contributed by atoms with E-state index in [0.29, 0.717) is 17.9 Å². The van der Waals surface area contributed by atoms with Crippen molar-refractivity contribution in [1.82, 2.24) is 15.1 Å². The van der Waals surface area contributed by atoms with Crippen molar-refractivity contribution in [2.24, 2.45) is 5.92 Å². The van der Waals surface area contributed by atoms with E-state index < -0.39 is 0 Å². The minimum atomic E-state index is 0.0332. The lowest BCUT2D eigenvalue weighted by Crippen LogP contribution is -2.45. The van der Waals surface area contributed by atoms with E-state index in [9.17, 15) is 4.79 Å². The van der Waals surface area contributed by atoms with Gasteiger partial charge in [0.15, 0.2) is 0 Å². The third-order valence-electron chi connectivity index (χ3n) is 4.59. The number of likely N-dealkylation sites (N-methyl/N-ethyl adjacent to an activating group) is 1. The maximum atomic E-state index is 12.6. The first-order valence-electron chi connectivity index (χ1n) is 7.35. The van der Waals surface area contributed by atoms with Gasteiger partial charge < -0.3 is 9.80 Å². The van der Waals surface area contributed by atoms with Crippen molar-refractivity contribution in [2.45, 2.75) is 58.3 Å². The second kappa shape index (κ2) is 5.57. The van der Waals surface area contributed by atoms with Gasteiger partial charge in [-0.3, -0.25) is 10.1 Å². The molecule has 0 aliphatic carbocycles. The molecule has 2 rings (SSSR count). The van der Waals surface area contributed by atoms with Crippen LogP contribution in [0, 0.1) is 5.92 Å². The summed E-state index contributed by atoms with van der Waals surface area (Å²) in [5.41, 5.74) is 0. The molecule has 1 amide bonds. The summed E-state index contributed by atoms with van der Waals surface area (Å²) in [5, 5.41) is 3.54. The van der Waals surface area contributed by atoms with Crippen LogP contribution in [0.5, 0.6) is 0 Å². The van der Waals surface area contributed by atoms with Crippen LogP contribution in [0.25, 0.3) is 0 Å². The second-order valence-corrected chi connectivity index (χ2v) is 5.90. The predicted molar refractivity (Wildman–Crippen MR) is 73.2 cm³/mol. The molecular weight excluding hydrogens is 226 g/mol. The SMILES string of the molecule is CCC(C)C1NC(CC)N(C2CCN(C)C2)C1=O. The predicted octanol–water partition coefficient (Wildman–Crippen LogP) is 1.27. The lowest BCUT2D eigenvalue weighted by molar-refractivity contribution is -0.132. The molecule has 0 aromatic heterocycles. The van der Waals surface area contributed by atoms with Crippen LogP contribution in [-0.4, -0.2) is 54.1 Å². The summed E-state index contributed by atoms with van der Waals surface area (Å²) in [5.74, 6) is 0.757. The molecule has 0 radical (unpaired) electrons. The third-order valence-corrected chi connectivity index (χ3v) is 4.59. The molecule has 2 aliphatic heterocycles. The molecule has 104 valence electrons. The van der Waals surface area contributed by atoms with Gasteiger partial charge in [0.05, 0.1) is 12.2 Å². The van der Waals surface area contributed by atoms with Crippen LogP contribution in [0.3, 0.4) is 0 Å². The number of carbonyl (C=O) groups excluding carboxylic acids is 1. The van der Waals surface area contributed by atoms with Crippen molar-refractivity contribution in [3.8, 4) is 0 Å². The second-order valence-electron chi connectivity index (χ2n) is 5.90. The fraction of sp³-hybridized carbons (Fsp3) is 0.929. The topological polar surface area (TPSA) is 35.6 Å². The van der Waals surface area contributed by atoms with Gasteiger partial charge in [0.2, 0.25) is 5.91 Å². The summed E-state index contributed by atoms with van der Waals surface area (Å²) in [6, 6.07) is 0.444. The Hall–Kier alpha value is -0.610. The molecule has 0 aromatic rings. The Morgan fingerprint density at radius 1 is 1.44 bits per heavy atom. The first-order valence-corrected chi connectivity index (χ1v) is 7.35. The highest BCUT2D eigenvalue weighted by molar-refractivity contribution is 5.85. The quantitative estimate of drug-likeness (QED) is 0.819. The number of amides is 1.